The van der Waals surface area contributed by atoms with E-state index < -0.39 is 23.0 Å². The first-order valence-corrected chi connectivity index (χ1v) is 7.14. The van der Waals surface area contributed by atoms with Crippen molar-refractivity contribution in [3.8, 4) is 0 Å². The number of amides is 1. The fourth-order valence-electron chi connectivity index (χ4n) is 3.27. The first kappa shape index (κ1) is 15.5. The number of nitrogens with zero attached hydrogens (tertiary/aromatic N) is 1. The van der Waals surface area contributed by atoms with Crippen molar-refractivity contribution < 1.29 is 18.3 Å². The molecular formula is C14H24F2N2O2. The van der Waals surface area contributed by atoms with Crippen molar-refractivity contribution in [1.82, 2.24) is 4.90 Å². The lowest BCUT2D eigenvalue weighted by molar-refractivity contribution is -0.0181. The monoisotopic (exact) mass is 290 g/mol. The maximum Gasteiger partial charge on any atom is 0.410 e. The second-order valence-electron chi connectivity index (χ2n) is 7.17. The van der Waals surface area contributed by atoms with Crippen molar-refractivity contribution in [2.45, 2.75) is 64.0 Å². The van der Waals surface area contributed by atoms with Crippen molar-refractivity contribution >= 4 is 6.09 Å². The summed E-state index contributed by atoms with van der Waals surface area (Å²) in [5.41, 5.74) is 4.88. The summed E-state index contributed by atoms with van der Waals surface area (Å²) in [6.45, 7) is 6.31. The number of nitrogens with two attached hydrogens (primary N) is 1. The molecule has 1 atom stereocenters. The summed E-state index contributed by atoms with van der Waals surface area (Å²) in [5, 5.41) is 0. The number of carbonyl (C=O) groups is 1. The minimum atomic E-state index is -2.66. The van der Waals surface area contributed by atoms with Crippen LogP contribution in [0.15, 0.2) is 0 Å². The maximum absolute atomic E-state index is 13.5. The molecule has 1 aliphatic heterocycles. The van der Waals surface area contributed by atoms with E-state index in [1.54, 1.807) is 4.90 Å². The van der Waals surface area contributed by atoms with E-state index in [1.165, 1.54) is 0 Å². The highest BCUT2D eigenvalue weighted by Crippen LogP contribution is 2.52. The van der Waals surface area contributed by atoms with Crippen LogP contribution in [0.25, 0.3) is 0 Å². The Morgan fingerprint density at radius 1 is 1.30 bits per heavy atom. The Morgan fingerprint density at radius 3 is 2.25 bits per heavy atom. The summed E-state index contributed by atoms with van der Waals surface area (Å²) >= 11 is 0. The minimum absolute atomic E-state index is 0.149. The fourth-order valence-corrected chi connectivity index (χ4v) is 3.27. The fraction of sp³-hybridized carbons (Fsp3) is 0.929. The molecule has 0 aromatic heterocycles. The third-order valence-corrected chi connectivity index (χ3v) is 4.33. The van der Waals surface area contributed by atoms with Gasteiger partial charge in [0.2, 0.25) is 5.92 Å². The summed E-state index contributed by atoms with van der Waals surface area (Å²) in [7, 11) is 0. The molecule has 2 aliphatic rings. The van der Waals surface area contributed by atoms with Gasteiger partial charge in [0.25, 0.3) is 0 Å². The molecule has 2 N–H and O–H groups in total. The van der Waals surface area contributed by atoms with E-state index in [9.17, 15) is 13.6 Å². The van der Waals surface area contributed by atoms with Crippen molar-refractivity contribution in [1.29, 1.82) is 0 Å². The number of hydrogen-bond acceptors (Lipinski definition) is 3. The standard InChI is InChI=1S/C14H24F2N2O2/c1-12(2,3)20-11(19)18-6-4-13(5-7-18)9-14(15,16)8-10(13)17/h10H,4-9,17H2,1-3H3/t10-/m0/s1. The Kier molecular flexibility index (Phi) is 3.73. The first-order valence-electron chi connectivity index (χ1n) is 7.14. The lowest BCUT2D eigenvalue weighted by Gasteiger charge is -2.41. The average Bonchev–Trinajstić information content (AvgIpc) is 2.47. The van der Waals surface area contributed by atoms with E-state index in [2.05, 4.69) is 0 Å². The van der Waals surface area contributed by atoms with Crippen LogP contribution in [0.2, 0.25) is 0 Å². The summed E-state index contributed by atoms with van der Waals surface area (Å²) in [6, 6.07) is -0.474. The summed E-state index contributed by atoms with van der Waals surface area (Å²) in [5.74, 6) is -2.66. The second-order valence-corrected chi connectivity index (χ2v) is 7.17. The summed E-state index contributed by atoms with van der Waals surface area (Å²) in [4.78, 5) is 13.5. The van der Waals surface area contributed by atoms with Gasteiger partial charge < -0.3 is 15.4 Å². The zero-order valence-corrected chi connectivity index (χ0v) is 12.4. The van der Waals surface area contributed by atoms with Crippen molar-refractivity contribution in [2.24, 2.45) is 11.1 Å². The van der Waals surface area contributed by atoms with Gasteiger partial charge in [0, 0.05) is 32.0 Å². The minimum Gasteiger partial charge on any atom is -0.444 e. The zero-order valence-electron chi connectivity index (χ0n) is 12.4. The number of carbonyl (C=O) groups excluding carboxylic acids is 1. The van der Waals surface area contributed by atoms with Gasteiger partial charge in [0.15, 0.2) is 0 Å². The highest BCUT2D eigenvalue weighted by atomic mass is 19.3. The Hall–Kier alpha value is -0.910. The van der Waals surface area contributed by atoms with Crippen LogP contribution in [0.3, 0.4) is 0 Å². The van der Waals surface area contributed by atoms with Gasteiger partial charge in [-0.25, -0.2) is 13.6 Å². The molecule has 0 aromatic rings. The van der Waals surface area contributed by atoms with Gasteiger partial charge in [-0.1, -0.05) is 0 Å². The van der Waals surface area contributed by atoms with Crippen molar-refractivity contribution in [3.05, 3.63) is 0 Å². The Balaban J connectivity index is 1.94. The van der Waals surface area contributed by atoms with E-state index >= 15 is 0 Å². The lowest BCUT2D eigenvalue weighted by atomic mass is 9.74. The van der Waals surface area contributed by atoms with E-state index in [4.69, 9.17) is 10.5 Å². The average molecular weight is 290 g/mol. The van der Waals surface area contributed by atoms with Gasteiger partial charge in [-0.2, -0.15) is 0 Å². The van der Waals surface area contributed by atoms with Gasteiger partial charge >= 0.3 is 6.09 Å². The molecule has 2 rings (SSSR count). The number of rotatable bonds is 0. The molecule has 2 fully saturated rings. The SMILES string of the molecule is CC(C)(C)OC(=O)N1CCC2(CC1)CC(F)(F)C[C@@H]2N. The van der Waals surface area contributed by atoms with Gasteiger partial charge in [0.05, 0.1) is 0 Å². The molecule has 1 saturated carbocycles. The summed E-state index contributed by atoms with van der Waals surface area (Å²) in [6.07, 6.45) is 0.306. The molecule has 6 heteroatoms. The number of hydrogen-bond donors (Lipinski definition) is 1. The van der Waals surface area contributed by atoms with Crippen molar-refractivity contribution in [3.63, 3.8) is 0 Å². The van der Waals surface area contributed by atoms with Crippen LogP contribution in [0.5, 0.6) is 0 Å². The van der Waals surface area contributed by atoms with Crippen LogP contribution in [-0.2, 0) is 4.74 Å². The number of alkyl halides is 2. The van der Waals surface area contributed by atoms with Crippen LogP contribution in [0.1, 0.15) is 46.5 Å². The zero-order chi connectivity index (χ0) is 15.2. The lowest BCUT2D eigenvalue weighted by Crippen LogP contribution is -2.49. The molecule has 116 valence electrons. The molecule has 4 nitrogen and oxygen atoms in total. The Bertz CT molecular complexity index is 385. The normalized spacial score (nSPS) is 28.7. The highest BCUT2D eigenvalue weighted by molar-refractivity contribution is 5.68. The number of ether oxygens (including phenoxy) is 1. The third kappa shape index (κ3) is 3.22. The number of halogens is 2. The maximum atomic E-state index is 13.5. The Labute approximate surface area is 118 Å². The molecular weight excluding hydrogens is 266 g/mol. The van der Waals surface area contributed by atoms with Crippen LogP contribution in [0.4, 0.5) is 13.6 Å². The van der Waals surface area contributed by atoms with E-state index in [0.717, 1.165) is 0 Å². The molecule has 0 bridgehead atoms. The molecule has 1 spiro atoms. The quantitative estimate of drug-likeness (QED) is 0.746. The largest absolute Gasteiger partial charge is 0.444 e. The van der Waals surface area contributed by atoms with E-state index in [0.29, 0.717) is 25.9 Å². The first-order chi connectivity index (χ1) is 9.03. The van der Waals surface area contributed by atoms with Crippen LogP contribution in [0, 0.1) is 5.41 Å². The predicted molar refractivity (Wildman–Crippen MR) is 71.6 cm³/mol. The highest BCUT2D eigenvalue weighted by Gasteiger charge is 2.55. The number of piperidine rings is 1. The van der Waals surface area contributed by atoms with Gasteiger partial charge in [0.1, 0.15) is 5.60 Å². The topological polar surface area (TPSA) is 55.6 Å². The van der Waals surface area contributed by atoms with Crippen molar-refractivity contribution in [2.75, 3.05) is 13.1 Å². The van der Waals surface area contributed by atoms with Crippen LogP contribution in [-0.4, -0.2) is 41.6 Å². The van der Waals surface area contributed by atoms with Crippen LogP contribution >= 0.6 is 0 Å². The Morgan fingerprint density at radius 2 is 1.85 bits per heavy atom. The molecule has 1 saturated heterocycles. The molecule has 1 heterocycles. The smallest absolute Gasteiger partial charge is 0.410 e. The second kappa shape index (κ2) is 4.83. The molecule has 0 radical (unpaired) electrons. The van der Waals surface area contributed by atoms with Gasteiger partial charge in [-0.3, -0.25) is 0 Å². The molecule has 20 heavy (non-hydrogen) atoms. The van der Waals surface area contributed by atoms with Gasteiger partial charge in [-0.05, 0) is 39.0 Å². The van der Waals surface area contributed by atoms with E-state index in [1.807, 2.05) is 20.8 Å². The summed E-state index contributed by atoms with van der Waals surface area (Å²) < 4.78 is 32.3. The number of likely N-dealkylation sites (tertiary alicyclic amines) is 1. The van der Waals surface area contributed by atoms with Gasteiger partial charge in [-0.15, -0.1) is 0 Å². The molecule has 0 unspecified atom stereocenters. The van der Waals surface area contributed by atoms with E-state index in [-0.39, 0.29) is 18.9 Å². The predicted octanol–water partition coefficient (Wildman–Crippen LogP) is 2.76. The molecule has 1 aliphatic carbocycles. The van der Waals surface area contributed by atoms with Crippen LogP contribution < -0.4 is 5.73 Å². The third-order valence-electron chi connectivity index (χ3n) is 4.33. The molecule has 1 amide bonds. The molecule has 0 aromatic carbocycles.